The predicted octanol–water partition coefficient (Wildman–Crippen LogP) is 4.12. The second-order valence-electron chi connectivity index (χ2n) is 5.16. The lowest BCUT2D eigenvalue weighted by Crippen LogP contribution is -2.25. The Bertz CT molecular complexity index is 455. The monoisotopic (exact) mass is 281 g/mol. The Morgan fingerprint density at radius 3 is 2.74 bits per heavy atom. The Labute approximate surface area is 119 Å². The van der Waals surface area contributed by atoms with Gasteiger partial charge in [0.1, 0.15) is 0 Å². The van der Waals surface area contributed by atoms with E-state index in [2.05, 4.69) is 12.2 Å². The first-order valence-electron chi connectivity index (χ1n) is 6.76. The smallest absolute Gasteiger partial charge is 0.340 e. The number of hydrogen-bond acceptors (Lipinski definition) is 3. The summed E-state index contributed by atoms with van der Waals surface area (Å²) in [6.07, 6.45) is 5.13. The van der Waals surface area contributed by atoms with E-state index >= 15 is 0 Å². The summed E-state index contributed by atoms with van der Waals surface area (Å²) in [6.45, 7) is 2.17. The molecular weight excluding hydrogens is 262 g/mol. The first-order chi connectivity index (χ1) is 9.11. The maximum Gasteiger partial charge on any atom is 0.340 e. The van der Waals surface area contributed by atoms with Crippen LogP contribution < -0.4 is 5.32 Å². The Balaban J connectivity index is 2.16. The fraction of sp³-hybridized carbons (Fsp3) is 0.533. The third-order valence-electron chi connectivity index (χ3n) is 3.88. The van der Waals surface area contributed by atoms with Gasteiger partial charge in [0.2, 0.25) is 0 Å². The van der Waals surface area contributed by atoms with Gasteiger partial charge in [0, 0.05) is 16.8 Å². The molecule has 0 spiro atoms. The van der Waals surface area contributed by atoms with Crippen LogP contribution in [0.2, 0.25) is 5.02 Å². The minimum Gasteiger partial charge on any atom is -0.465 e. The molecule has 0 saturated heterocycles. The molecule has 1 unspecified atom stereocenters. The van der Waals surface area contributed by atoms with Crippen LogP contribution in [0.15, 0.2) is 18.2 Å². The first kappa shape index (κ1) is 14.2. The van der Waals surface area contributed by atoms with Gasteiger partial charge in [0.25, 0.3) is 0 Å². The molecule has 1 atom stereocenters. The molecule has 0 heterocycles. The molecule has 2 rings (SSSR count). The lowest BCUT2D eigenvalue weighted by molar-refractivity contribution is 0.0602. The maximum atomic E-state index is 11.8. The van der Waals surface area contributed by atoms with E-state index in [0.29, 0.717) is 22.5 Å². The number of carbonyl (C=O) groups excluding carboxylic acids is 1. The van der Waals surface area contributed by atoms with Gasteiger partial charge in [-0.2, -0.15) is 0 Å². The highest BCUT2D eigenvalue weighted by Gasteiger charge is 2.23. The minimum absolute atomic E-state index is 0.354. The van der Waals surface area contributed by atoms with Crippen LogP contribution in [0, 0.1) is 5.92 Å². The van der Waals surface area contributed by atoms with Crippen molar-refractivity contribution < 1.29 is 9.53 Å². The molecule has 0 radical (unpaired) electrons. The molecular formula is C15H20ClNO2. The number of esters is 1. The van der Waals surface area contributed by atoms with Crippen molar-refractivity contribution in [3.63, 3.8) is 0 Å². The second-order valence-corrected chi connectivity index (χ2v) is 5.60. The number of hydrogen-bond donors (Lipinski definition) is 1. The summed E-state index contributed by atoms with van der Waals surface area (Å²) < 4.78 is 4.80. The molecule has 1 saturated carbocycles. The van der Waals surface area contributed by atoms with E-state index < -0.39 is 0 Å². The molecule has 0 bridgehead atoms. The van der Waals surface area contributed by atoms with Crippen molar-refractivity contribution in [2.75, 3.05) is 12.4 Å². The van der Waals surface area contributed by atoms with E-state index in [1.807, 2.05) is 6.07 Å². The molecule has 1 aromatic carbocycles. The average molecular weight is 282 g/mol. The third kappa shape index (κ3) is 3.41. The number of ether oxygens (including phenoxy) is 1. The molecule has 19 heavy (non-hydrogen) atoms. The quantitative estimate of drug-likeness (QED) is 0.844. The molecule has 1 aliphatic carbocycles. The molecule has 1 N–H and O–H groups in total. The standard InChI is InChI=1S/C15H20ClNO2/c1-10(11-5-3-4-6-11)17-14-8-7-12(16)9-13(14)15(18)19-2/h7-11,17H,3-6H2,1-2H3. The molecule has 1 aliphatic rings. The Kier molecular flexibility index (Phi) is 4.70. The lowest BCUT2D eigenvalue weighted by Gasteiger charge is -2.22. The number of methoxy groups -OCH3 is 1. The minimum atomic E-state index is -0.358. The van der Waals surface area contributed by atoms with E-state index in [4.69, 9.17) is 16.3 Å². The third-order valence-corrected chi connectivity index (χ3v) is 4.11. The van der Waals surface area contributed by atoms with Crippen molar-refractivity contribution in [3.05, 3.63) is 28.8 Å². The van der Waals surface area contributed by atoms with Gasteiger partial charge in [-0.25, -0.2) is 4.79 Å². The van der Waals surface area contributed by atoms with Crippen LogP contribution in [0.5, 0.6) is 0 Å². The number of nitrogens with one attached hydrogen (secondary N) is 1. The number of anilines is 1. The molecule has 0 aromatic heterocycles. The van der Waals surface area contributed by atoms with Crippen LogP contribution in [0.25, 0.3) is 0 Å². The maximum absolute atomic E-state index is 11.8. The zero-order valence-corrected chi connectivity index (χ0v) is 12.2. The molecule has 1 fully saturated rings. The molecule has 0 amide bonds. The van der Waals surface area contributed by atoms with Crippen molar-refractivity contribution in [3.8, 4) is 0 Å². The van der Waals surface area contributed by atoms with E-state index in [0.717, 1.165) is 5.69 Å². The van der Waals surface area contributed by atoms with Gasteiger partial charge in [0.15, 0.2) is 0 Å². The van der Waals surface area contributed by atoms with E-state index in [1.165, 1.54) is 32.8 Å². The second kappa shape index (κ2) is 6.29. The number of halogens is 1. The average Bonchev–Trinajstić information content (AvgIpc) is 2.94. The van der Waals surface area contributed by atoms with Crippen LogP contribution in [0.3, 0.4) is 0 Å². The van der Waals surface area contributed by atoms with Crippen LogP contribution in [0.1, 0.15) is 43.0 Å². The van der Waals surface area contributed by atoms with Gasteiger partial charge in [-0.1, -0.05) is 24.4 Å². The van der Waals surface area contributed by atoms with Gasteiger partial charge in [-0.05, 0) is 43.9 Å². The van der Waals surface area contributed by atoms with Gasteiger partial charge >= 0.3 is 5.97 Å². The van der Waals surface area contributed by atoms with Gasteiger partial charge in [0.05, 0.1) is 12.7 Å². The van der Waals surface area contributed by atoms with E-state index in [-0.39, 0.29) is 5.97 Å². The zero-order valence-electron chi connectivity index (χ0n) is 11.4. The first-order valence-corrected chi connectivity index (χ1v) is 7.14. The number of carbonyl (C=O) groups is 1. The summed E-state index contributed by atoms with van der Waals surface area (Å²) in [5, 5.41) is 3.98. The molecule has 4 heteroatoms. The highest BCUT2D eigenvalue weighted by molar-refractivity contribution is 6.31. The number of benzene rings is 1. The molecule has 1 aromatic rings. The van der Waals surface area contributed by atoms with E-state index in [1.54, 1.807) is 12.1 Å². The SMILES string of the molecule is COC(=O)c1cc(Cl)ccc1NC(C)C1CCCC1. The molecule has 0 aliphatic heterocycles. The summed E-state index contributed by atoms with van der Waals surface area (Å²) in [7, 11) is 1.38. The van der Waals surface area contributed by atoms with Crippen molar-refractivity contribution in [1.82, 2.24) is 0 Å². The van der Waals surface area contributed by atoms with Crippen molar-refractivity contribution >= 4 is 23.3 Å². The normalized spacial score (nSPS) is 17.2. The summed E-state index contributed by atoms with van der Waals surface area (Å²) in [4.78, 5) is 11.8. The summed E-state index contributed by atoms with van der Waals surface area (Å²) in [5.41, 5.74) is 1.30. The Hall–Kier alpha value is -1.22. The Morgan fingerprint density at radius 1 is 1.42 bits per heavy atom. The van der Waals surface area contributed by atoms with Crippen molar-refractivity contribution in [2.45, 2.75) is 38.6 Å². The number of rotatable bonds is 4. The van der Waals surface area contributed by atoms with Crippen molar-refractivity contribution in [2.24, 2.45) is 5.92 Å². The van der Waals surface area contributed by atoms with Gasteiger partial charge in [-0.3, -0.25) is 0 Å². The fourth-order valence-electron chi connectivity index (χ4n) is 2.74. The topological polar surface area (TPSA) is 38.3 Å². The highest BCUT2D eigenvalue weighted by atomic mass is 35.5. The summed E-state index contributed by atoms with van der Waals surface area (Å²) in [5.74, 6) is 0.324. The largest absolute Gasteiger partial charge is 0.465 e. The van der Waals surface area contributed by atoms with Crippen LogP contribution in [-0.2, 0) is 4.74 Å². The van der Waals surface area contributed by atoms with Crippen LogP contribution in [0.4, 0.5) is 5.69 Å². The lowest BCUT2D eigenvalue weighted by atomic mass is 9.99. The molecule has 104 valence electrons. The van der Waals surface area contributed by atoms with E-state index in [9.17, 15) is 4.79 Å². The van der Waals surface area contributed by atoms with Gasteiger partial charge in [-0.15, -0.1) is 0 Å². The summed E-state index contributed by atoms with van der Waals surface area (Å²) >= 11 is 5.95. The highest BCUT2D eigenvalue weighted by Crippen LogP contribution is 2.30. The van der Waals surface area contributed by atoms with Gasteiger partial charge < -0.3 is 10.1 Å². The predicted molar refractivity (Wildman–Crippen MR) is 77.8 cm³/mol. The Morgan fingerprint density at radius 2 is 2.11 bits per heavy atom. The fourth-order valence-corrected chi connectivity index (χ4v) is 2.91. The van der Waals surface area contributed by atoms with Crippen LogP contribution >= 0.6 is 11.6 Å². The molecule has 3 nitrogen and oxygen atoms in total. The zero-order chi connectivity index (χ0) is 13.8. The van der Waals surface area contributed by atoms with Crippen molar-refractivity contribution in [1.29, 1.82) is 0 Å². The van der Waals surface area contributed by atoms with Crippen LogP contribution in [-0.4, -0.2) is 19.1 Å². The summed E-state index contributed by atoms with van der Waals surface area (Å²) in [6, 6.07) is 5.64.